The van der Waals surface area contributed by atoms with Crippen LogP contribution in [0.4, 0.5) is 0 Å². The summed E-state index contributed by atoms with van der Waals surface area (Å²) in [7, 11) is 1.68. The van der Waals surface area contributed by atoms with Crippen molar-refractivity contribution in [3.05, 3.63) is 47.3 Å². The third kappa shape index (κ3) is 3.44. The van der Waals surface area contributed by atoms with Crippen LogP contribution >= 0.6 is 11.3 Å². The topological polar surface area (TPSA) is 49.1 Å². The SMILES string of the molecule is COc1ccc2cc(CN3CCC[C@H](C#N)C3)c(-c3cccs3)nc2c1. The molecule has 1 aliphatic heterocycles. The first-order valence-electron chi connectivity index (χ1n) is 8.90. The summed E-state index contributed by atoms with van der Waals surface area (Å²) in [6.45, 7) is 2.73. The summed E-state index contributed by atoms with van der Waals surface area (Å²) in [6, 6.07) is 14.9. The number of aromatic nitrogens is 1. The van der Waals surface area contributed by atoms with Crippen molar-refractivity contribution >= 4 is 22.2 Å². The van der Waals surface area contributed by atoms with Crippen LogP contribution in [0.2, 0.25) is 0 Å². The summed E-state index contributed by atoms with van der Waals surface area (Å²) in [5, 5.41) is 12.5. The van der Waals surface area contributed by atoms with Crippen molar-refractivity contribution in [2.75, 3.05) is 20.2 Å². The number of fused-ring (bicyclic) bond motifs is 1. The molecule has 4 nitrogen and oxygen atoms in total. The van der Waals surface area contributed by atoms with Gasteiger partial charge in [-0.15, -0.1) is 11.3 Å². The molecule has 1 aromatic carbocycles. The van der Waals surface area contributed by atoms with E-state index in [2.05, 4.69) is 40.6 Å². The Balaban J connectivity index is 1.74. The molecule has 132 valence electrons. The Morgan fingerprint density at radius 2 is 2.27 bits per heavy atom. The normalized spacial score (nSPS) is 17.9. The van der Waals surface area contributed by atoms with Gasteiger partial charge in [-0.3, -0.25) is 4.90 Å². The smallest absolute Gasteiger partial charge is 0.121 e. The molecule has 1 saturated heterocycles. The molecule has 26 heavy (non-hydrogen) atoms. The summed E-state index contributed by atoms with van der Waals surface area (Å²) >= 11 is 1.71. The minimum atomic E-state index is 0.145. The number of nitrogens with zero attached hydrogens (tertiary/aromatic N) is 3. The van der Waals surface area contributed by atoms with Gasteiger partial charge >= 0.3 is 0 Å². The summed E-state index contributed by atoms with van der Waals surface area (Å²) in [4.78, 5) is 8.54. The lowest BCUT2D eigenvalue weighted by molar-refractivity contribution is 0.192. The molecule has 3 aromatic rings. The number of pyridine rings is 1. The second kappa shape index (κ2) is 7.45. The van der Waals surface area contributed by atoms with E-state index in [9.17, 15) is 5.26 Å². The van der Waals surface area contributed by atoms with Gasteiger partial charge in [0.05, 0.1) is 35.2 Å². The summed E-state index contributed by atoms with van der Waals surface area (Å²) in [6.07, 6.45) is 2.10. The van der Waals surface area contributed by atoms with Crippen molar-refractivity contribution in [3.63, 3.8) is 0 Å². The Morgan fingerprint density at radius 1 is 1.35 bits per heavy atom. The molecular formula is C21H21N3OS. The van der Waals surface area contributed by atoms with E-state index in [1.165, 1.54) is 10.4 Å². The van der Waals surface area contributed by atoms with E-state index >= 15 is 0 Å². The van der Waals surface area contributed by atoms with E-state index in [-0.39, 0.29) is 5.92 Å². The number of rotatable bonds is 4. The molecule has 1 atom stereocenters. The van der Waals surface area contributed by atoms with Crippen molar-refractivity contribution in [2.24, 2.45) is 5.92 Å². The van der Waals surface area contributed by atoms with Gasteiger partial charge in [0, 0.05) is 24.5 Å². The van der Waals surface area contributed by atoms with Crippen LogP contribution in [-0.4, -0.2) is 30.1 Å². The monoisotopic (exact) mass is 363 g/mol. The molecular weight excluding hydrogens is 342 g/mol. The lowest BCUT2D eigenvalue weighted by atomic mass is 9.98. The number of benzene rings is 1. The lowest BCUT2D eigenvalue weighted by Crippen LogP contribution is -2.34. The molecule has 0 unspecified atom stereocenters. The number of thiophene rings is 1. The van der Waals surface area contributed by atoms with Gasteiger partial charge in [-0.05, 0) is 54.6 Å². The molecule has 0 amide bonds. The average molecular weight is 363 g/mol. The molecule has 3 heterocycles. The van der Waals surface area contributed by atoms with Crippen LogP contribution in [0.25, 0.3) is 21.5 Å². The van der Waals surface area contributed by atoms with Gasteiger partial charge in [0.25, 0.3) is 0 Å². The zero-order valence-electron chi connectivity index (χ0n) is 14.8. The number of piperidine rings is 1. The fourth-order valence-electron chi connectivity index (χ4n) is 3.61. The third-order valence-electron chi connectivity index (χ3n) is 4.94. The van der Waals surface area contributed by atoms with E-state index in [1.807, 2.05) is 12.1 Å². The molecule has 0 bridgehead atoms. The van der Waals surface area contributed by atoms with Gasteiger partial charge in [0.2, 0.25) is 0 Å². The Morgan fingerprint density at radius 3 is 3.04 bits per heavy atom. The van der Waals surface area contributed by atoms with Crippen molar-refractivity contribution in [1.82, 2.24) is 9.88 Å². The molecule has 0 saturated carbocycles. The highest BCUT2D eigenvalue weighted by atomic mass is 32.1. The lowest BCUT2D eigenvalue weighted by Gasteiger charge is -2.30. The molecule has 1 fully saturated rings. The quantitative estimate of drug-likeness (QED) is 0.674. The van der Waals surface area contributed by atoms with E-state index in [0.717, 1.165) is 54.8 Å². The molecule has 0 spiro atoms. The standard InChI is InChI=1S/C21H21N3OS/c1-25-18-7-6-16-10-17(14-24-8-2-4-15(12-22)13-24)21(23-19(16)11-18)20-5-3-9-26-20/h3,5-7,9-11,15H,2,4,8,13-14H2,1H3/t15-/m1/s1. The van der Waals surface area contributed by atoms with Crippen molar-refractivity contribution in [2.45, 2.75) is 19.4 Å². The average Bonchev–Trinajstić information content (AvgIpc) is 3.22. The fraction of sp³-hybridized carbons (Fsp3) is 0.333. The van der Waals surface area contributed by atoms with Gasteiger partial charge in [0.1, 0.15) is 5.75 Å². The van der Waals surface area contributed by atoms with Crippen LogP contribution in [-0.2, 0) is 6.54 Å². The molecule has 1 aliphatic rings. The minimum absolute atomic E-state index is 0.145. The van der Waals surface area contributed by atoms with Gasteiger partial charge in [0.15, 0.2) is 0 Å². The van der Waals surface area contributed by atoms with Gasteiger partial charge in [-0.1, -0.05) is 6.07 Å². The van der Waals surface area contributed by atoms with Crippen LogP contribution < -0.4 is 4.74 Å². The first kappa shape index (κ1) is 17.0. The Labute approximate surface area is 157 Å². The number of methoxy groups -OCH3 is 1. The molecule has 5 heteroatoms. The van der Waals surface area contributed by atoms with E-state index < -0.39 is 0 Å². The first-order chi connectivity index (χ1) is 12.8. The van der Waals surface area contributed by atoms with E-state index in [4.69, 9.17) is 9.72 Å². The summed E-state index contributed by atoms with van der Waals surface area (Å²) in [5.41, 5.74) is 3.22. The van der Waals surface area contributed by atoms with Crippen molar-refractivity contribution in [3.8, 4) is 22.4 Å². The van der Waals surface area contributed by atoms with Crippen LogP contribution in [0.3, 0.4) is 0 Å². The number of likely N-dealkylation sites (tertiary alicyclic amines) is 1. The maximum Gasteiger partial charge on any atom is 0.121 e. The predicted molar refractivity (Wildman–Crippen MR) is 105 cm³/mol. The van der Waals surface area contributed by atoms with E-state index in [1.54, 1.807) is 18.4 Å². The van der Waals surface area contributed by atoms with Crippen molar-refractivity contribution in [1.29, 1.82) is 5.26 Å². The highest BCUT2D eigenvalue weighted by Crippen LogP contribution is 2.32. The highest BCUT2D eigenvalue weighted by molar-refractivity contribution is 7.13. The molecule has 0 N–H and O–H groups in total. The van der Waals surface area contributed by atoms with Crippen LogP contribution in [0.5, 0.6) is 5.75 Å². The first-order valence-corrected chi connectivity index (χ1v) is 9.78. The fourth-order valence-corrected chi connectivity index (χ4v) is 4.36. The van der Waals surface area contributed by atoms with Crippen LogP contribution in [0, 0.1) is 17.2 Å². The predicted octanol–water partition coefficient (Wildman–Crippen LogP) is 4.71. The van der Waals surface area contributed by atoms with Crippen LogP contribution in [0.1, 0.15) is 18.4 Å². The number of hydrogen-bond donors (Lipinski definition) is 0. The number of nitriles is 1. The minimum Gasteiger partial charge on any atom is -0.497 e. The number of hydrogen-bond acceptors (Lipinski definition) is 5. The second-order valence-electron chi connectivity index (χ2n) is 6.74. The zero-order valence-corrected chi connectivity index (χ0v) is 15.6. The Bertz CT molecular complexity index is 946. The van der Waals surface area contributed by atoms with Gasteiger partial charge in [-0.2, -0.15) is 5.26 Å². The van der Waals surface area contributed by atoms with Crippen molar-refractivity contribution < 1.29 is 4.74 Å². The zero-order chi connectivity index (χ0) is 17.9. The maximum atomic E-state index is 9.27. The summed E-state index contributed by atoms with van der Waals surface area (Å²) in [5.74, 6) is 0.967. The van der Waals surface area contributed by atoms with Crippen LogP contribution in [0.15, 0.2) is 41.8 Å². The van der Waals surface area contributed by atoms with E-state index in [0.29, 0.717) is 0 Å². The molecule has 0 radical (unpaired) electrons. The Kier molecular flexibility index (Phi) is 4.87. The third-order valence-corrected chi connectivity index (χ3v) is 5.82. The molecule has 4 rings (SSSR count). The molecule has 0 aliphatic carbocycles. The van der Waals surface area contributed by atoms with Gasteiger partial charge < -0.3 is 4.74 Å². The largest absolute Gasteiger partial charge is 0.497 e. The second-order valence-corrected chi connectivity index (χ2v) is 7.68. The summed E-state index contributed by atoms with van der Waals surface area (Å²) < 4.78 is 5.35. The Hall–Kier alpha value is -2.42. The highest BCUT2D eigenvalue weighted by Gasteiger charge is 2.21. The molecule has 2 aromatic heterocycles. The maximum absolute atomic E-state index is 9.27. The van der Waals surface area contributed by atoms with Gasteiger partial charge in [-0.25, -0.2) is 4.98 Å². The number of ether oxygens (including phenoxy) is 1.